The maximum absolute atomic E-state index is 12.2. The van der Waals surface area contributed by atoms with Crippen molar-refractivity contribution in [1.82, 2.24) is 0 Å². The number of ether oxygens (including phenoxy) is 2. The second-order valence-electron chi connectivity index (χ2n) is 5.94. The Balaban J connectivity index is 1.68. The lowest BCUT2D eigenvalue weighted by molar-refractivity contribution is -0.274. The van der Waals surface area contributed by atoms with Crippen LogP contribution in [0.3, 0.4) is 0 Å². The summed E-state index contributed by atoms with van der Waals surface area (Å²) in [5.74, 6) is 0.391. The van der Waals surface area contributed by atoms with Crippen LogP contribution in [-0.4, -0.2) is 6.36 Å². The van der Waals surface area contributed by atoms with Gasteiger partial charge >= 0.3 is 6.36 Å². The van der Waals surface area contributed by atoms with Gasteiger partial charge in [-0.05, 0) is 41.0 Å². The number of hydrogen-bond acceptors (Lipinski definition) is 3. The van der Waals surface area contributed by atoms with Gasteiger partial charge in [0.05, 0.1) is 6.04 Å². The van der Waals surface area contributed by atoms with Crippen molar-refractivity contribution in [3.05, 3.63) is 95.6 Å². The maximum Gasteiger partial charge on any atom is 0.573 e. The first-order valence-corrected chi connectivity index (χ1v) is 8.29. The lowest BCUT2D eigenvalue weighted by Gasteiger charge is -2.15. The van der Waals surface area contributed by atoms with Gasteiger partial charge in [0.15, 0.2) is 0 Å². The highest BCUT2D eigenvalue weighted by Crippen LogP contribution is 2.27. The van der Waals surface area contributed by atoms with Crippen LogP contribution in [-0.2, 0) is 6.61 Å². The zero-order valence-electron chi connectivity index (χ0n) is 14.3. The van der Waals surface area contributed by atoms with Crippen LogP contribution in [0.2, 0.25) is 0 Å². The molecule has 0 aliphatic rings. The molecule has 0 saturated carbocycles. The molecule has 0 aromatic heterocycles. The third kappa shape index (κ3) is 5.49. The molecule has 2 N–H and O–H groups in total. The van der Waals surface area contributed by atoms with Gasteiger partial charge in [0.25, 0.3) is 0 Å². The molecule has 3 aromatic carbocycles. The van der Waals surface area contributed by atoms with Gasteiger partial charge in [-0.2, -0.15) is 0 Å². The summed E-state index contributed by atoms with van der Waals surface area (Å²) in [7, 11) is 0. The molecule has 0 unspecified atom stereocenters. The molecule has 3 rings (SSSR count). The van der Waals surface area contributed by atoms with E-state index in [0.717, 1.165) is 11.1 Å². The SMILES string of the molecule is N[C@H](c1ccc(OC(F)(F)F)cc1)c1cccc(OCc2ccccc2)c1. The van der Waals surface area contributed by atoms with Crippen molar-refractivity contribution in [3.8, 4) is 11.5 Å². The van der Waals surface area contributed by atoms with Crippen molar-refractivity contribution in [2.45, 2.75) is 19.0 Å². The van der Waals surface area contributed by atoms with Crippen molar-refractivity contribution in [2.24, 2.45) is 5.73 Å². The highest BCUT2D eigenvalue weighted by atomic mass is 19.4. The normalized spacial score (nSPS) is 12.4. The molecule has 0 bridgehead atoms. The van der Waals surface area contributed by atoms with Gasteiger partial charge in [-0.25, -0.2) is 0 Å². The molecular weight excluding hydrogens is 355 g/mol. The molecule has 0 heterocycles. The van der Waals surface area contributed by atoms with Gasteiger partial charge in [0.2, 0.25) is 0 Å². The lowest BCUT2D eigenvalue weighted by atomic mass is 9.99. The number of rotatable bonds is 6. The van der Waals surface area contributed by atoms with Crippen LogP contribution in [0.1, 0.15) is 22.7 Å². The van der Waals surface area contributed by atoms with Crippen LogP contribution in [0, 0.1) is 0 Å². The van der Waals surface area contributed by atoms with Gasteiger partial charge in [0, 0.05) is 0 Å². The van der Waals surface area contributed by atoms with Crippen molar-refractivity contribution >= 4 is 0 Å². The molecule has 0 aliphatic heterocycles. The van der Waals surface area contributed by atoms with Gasteiger partial charge in [-0.15, -0.1) is 13.2 Å². The minimum atomic E-state index is -4.71. The zero-order valence-corrected chi connectivity index (χ0v) is 14.3. The Morgan fingerprint density at radius 1 is 0.778 bits per heavy atom. The van der Waals surface area contributed by atoms with Crippen LogP contribution in [0.5, 0.6) is 11.5 Å². The predicted octanol–water partition coefficient (Wildman–Crippen LogP) is 5.21. The van der Waals surface area contributed by atoms with Crippen molar-refractivity contribution in [3.63, 3.8) is 0 Å². The third-order valence-electron chi connectivity index (χ3n) is 3.94. The third-order valence-corrected chi connectivity index (χ3v) is 3.94. The molecule has 0 amide bonds. The quantitative estimate of drug-likeness (QED) is 0.645. The van der Waals surface area contributed by atoms with Crippen LogP contribution in [0.15, 0.2) is 78.9 Å². The van der Waals surface area contributed by atoms with E-state index in [9.17, 15) is 13.2 Å². The molecule has 6 heteroatoms. The van der Waals surface area contributed by atoms with Crippen molar-refractivity contribution in [1.29, 1.82) is 0 Å². The highest BCUT2D eigenvalue weighted by Gasteiger charge is 2.31. The molecule has 0 aliphatic carbocycles. The molecular formula is C21H18F3NO2. The van der Waals surface area contributed by atoms with Crippen molar-refractivity contribution < 1.29 is 22.6 Å². The maximum atomic E-state index is 12.2. The molecule has 0 fully saturated rings. The Kier molecular flexibility index (Phi) is 5.66. The van der Waals surface area contributed by atoms with E-state index in [0.29, 0.717) is 17.9 Å². The Bertz CT molecular complexity index is 865. The zero-order chi connectivity index (χ0) is 19.3. The summed E-state index contributed by atoms with van der Waals surface area (Å²) < 4.78 is 46.4. The summed E-state index contributed by atoms with van der Waals surface area (Å²) in [5.41, 5.74) is 8.77. The summed E-state index contributed by atoms with van der Waals surface area (Å²) in [6.45, 7) is 0.434. The summed E-state index contributed by atoms with van der Waals surface area (Å²) in [6.07, 6.45) is -4.71. The molecule has 3 nitrogen and oxygen atoms in total. The fourth-order valence-corrected chi connectivity index (χ4v) is 2.61. The van der Waals surface area contributed by atoms with E-state index in [1.165, 1.54) is 24.3 Å². The lowest BCUT2D eigenvalue weighted by Crippen LogP contribution is -2.17. The molecule has 27 heavy (non-hydrogen) atoms. The predicted molar refractivity (Wildman–Crippen MR) is 96.4 cm³/mol. The van der Waals surface area contributed by atoms with Crippen LogP contribution in [0.25, 0.3) is 0 Å². The van der Waals surface area contributed by atoms with E-state index in [1.54, 1.807) is 0 Å². The standard InChI is InChI=1S/C21H18F3NO2/c22-21(23,24)27-18-11-9-16(10-12-18)20(25)17-7-4-8-19(13-17)26-14-15-5-2-1-3-6-15/h1-13,20H,14,25H2/t20-/m1/s1. The smallest absolute Gasteiger partial charge is 0.489 e. The van der Waals surface area contributed by atoms with Gasteiger partial charge in [-0.1, -0.05) is 54.6 Å². The second-order valence-corrected chi connectivity index (χ2v) is 5.94. The molecule has 1 atom stereocenters. The van der Waals surface area contributed by atoms with E-state index >= 15 is 0 Å². The van der Waals surface area contributed by atoms with E-state index in [4.69, 9.17) is 10.5 Å². The first-order valence-electron chi connectivity index (χ1n) is 8.29. The fourth-order valence-electron chi connectivity index (χ4n) is 2.61. The molecule has 140 valence electrons. The summed E-state index contributed by atoms with van der Waals surface area (Å²) in [5, 5.41) is 0. The van der Waals surface area contributed by atoms with Crippen LogP contribution >= 0.6 is 0 Å². The molecule has 3 aromatic rings. The van der Waals surface area contributed by atoms with Gasteiger partial charge < -0.3 is 15.2 Å². The Hall–Kier alpha value is -2.99. The van der Waals surface area contributed by atoms with Gasteiger partial charge in [-0.3, -0.25) is 0 Å². The van der Waals surface area contributed by atoms with E-state index < -0.39 is 12.4 Å². The number of hydrogen-bond donors (Lipinski definition) is 1. The Labute approximate surface area is 155 Å². The average molecular weight is 373 g/mol. The number of halogens is 3. The summed E-state index contributed by atoms with van der Waals surface area (Å²) in [4.78, 5) is 0. The first-order chi connectivity index (χ1) is 12.9. The van der Waals surface area contributed by atoms with Crippen LogP contribution in [0.4, 0.5) is 13.2 Å². The van der Waals surface area contributed by atoms with Crippen molar-refractivity contribution in [2.75, 3.05) is 0 Å². The van der Waals surface area contributed by atoms with E-state index in [1.807, 2.05) is 54.6 Å². The van der Waals surface area contributed by atoms with E-state index in [-0.39, 0.29) is 5.75 Å². The molecule has 0 radical (unpaired) electrons. The first kappa shape index (κ1) is 18.8. The monoisotopic (exact) mass is 373 g/mol. The Morgan fingerprint density at radius 2 is 1.48 bits per heavy atom. The molecule has 0 saturated heterocycles. The minimum Gasteiger partial charge on any atom is -0.489 e. The summed E-state index contributed by atoms with van der Waals surface area (Å²) >= 11 is 0. The average Bonchev–Trinajstić information content (AvgIpc) is 2.66. The number of benzene rings is 3. The Morgan fingerprint density at radius 3 is 2.15 bits per heavy atom. The summed E-state index contributed by atoms with van der Waals surface area (Å²) in [6, 6.07) is 22.1. The van der Waals surface area contributed by atoms with Gasteiger partial charge in [0.1, 0.15) is 18.1 Å². The minimum absolute atomic E-state index is 0.279. The number of nitrogens with two attached hydrogens (primary N) is 1. The second kappa shape index (κ2) is 8.14. The highest BCUT2D eigenvalue weighted by molar-refractivity contribution is 5.38. The number of alkyl halides is 3. The molecule has 0 spiro atoms. The van der Waals surface area contributed by atoms with Crippen LogP contribution < -0.4 is 15.2 Å². The largest absolute Gasteiger partial charge is 0.573 e. The topological polar surface area (TPSA) is 44.5 Å². The fraction of sp³-hybridized carbons (Fsp3) is 0.143. The van der Waals surface area contributed by atoms with E-state index in [2.05, 4.69) is 4.74 Å².